The maximum absolute atomic E-state index is 12.8. The van der Waals surface area contributed by atoms with Gasteiger partial charge in [0.1, 0.15) is 0 Å². The molecule has 0 aliphatic rings. The minimum Gasteiger partial charge on any atom is -0.372 e. The van der Waals surface area contributed by atoms with Gasteiger partial charge in [0.15, 0.2) is 0 Å². The van der Waals surface area contributed by atoms with Gasteiger partial charge in [-0.2, -0.15) is 13.2 Å². The zero-order chi connectivity index (χ0) is 12.3. The van der Waals surface area contributed by atoms with Gasteiger partial charge in [-0.15, -0.1) is 0 Å². The molecule has 0 amide bonds. The lowest BCUT2D eigenvalue weighted by molar-refractivity contribution is -0.137. The minimum atomic E-state index is -4.29. The van der Waals surface area contributed by atoms with Crippen LogP contribution in [0.5, 0.6) is 0 Å². The van der Waals surface area contributed by atoms with E-state index in [1.807, 2.05) is 13.8 Å². The molecular weight excluding hydrogens is 215 g/mol. The van der Waals surface area contributed by atoms with Crippen molar-refractivity contribution in [3.63, 3.8) is 0 Å². The Kier molecular flexibility index (Phi) is 3.83. The van der Waals surface area contributed by atoms with Gasteiger partial charge in [-0.1, -0.05) is 11.6 Å². The third-order valence-corrected chi connectivity index (χ3v) is 2.56. The topological polar surface area (TPSA) is 3.24 Å². The highest BCUT2D eigenvalue weighted by molar-refractivity contribution is 5.56. The first kappa shape index (κ1) is 12.9. The molecule has 0 aliphatic heterocycles. The lowest BCUT2D eigenvalue weighted by Crippen LogP contribution is -2.25. The quantitative estimate of drug-likeness (QED) is 0.763. The Morgan fingerprint density at radius 1 is 1.12 bits per heavy atom. The molecule has 0 spiro atoms. The molecule has 0 N–H and O–H groups in total. The largest absolute Gasteiger partial charge is 0.418 e. The van der Waals surface area contributed by atoms with Crippen LogP contribution in [0.3, 0.4) is 0 Å². The Labute approximate surface area is 93.9 Å². The molecule has 0 bridgehead atoms. The Balaban J connectivity index is 3.27. The second kappa shape index (κ2) is 4.76. The van der Waals surface area contributed by atoms with E-state index in [-0.39, 0.29) is 5.69 Å². The lowest BCUT2D eigenvalue weighted by Gasteiger charge is -2.25. The van der Waals surface area contributed by atoms with Gasteiger partial charge in [-0.25, -0.2) is 0 Å². The molecule has 4 heteroatoms. The predicted octanol–water partition coefficient (Wildman–Crippen LogP) is 3.86. The van der Waals surface area contributed by atoms with E-state index in [4.69, 9.17) is 0 Å². The minimum absolute atomic E-state index is 0.267. The fraction of sp³-hybridized carbons (Fsp3) is 0.500. The number of anilines is 1. The molecule has 1 aromatic rings. The van der Waals surface area contributed by atoms with E-state index in [1.165, 1.54) is 6.07 Å². The van der Waals surface area contributed by atoms with Gasteiger partial charge in [0.2, 0.25) is 0 Å². The zero-order valence-corrected chi connectivity index (χ0v) is 9.73. The second-order valence-corrected chi connectivity index (χ2v) is 3.69. The second-order valence-electron chi connectivity index (χ2n) is 3.69. The lowest BCUT2D eigenvalue weighted by atomic mass is 10.1. The molecule has 0 atom stereocenters. The van der Waals surface area contributed by atoms with E-state index in [9.17, 15) is 13.2 Å². The molecular formula is C12H16F3N. The van der Waals surface area contributed by atoms with Crippen LogP contribution in [0.4, 0.5) is 18.9 Å². The third-order valence-electron chi connectivity index (χ3n) is 2.56. The van der Waals surface area contributed by atoms with Crippen LogP contribution < -0.4 is 4.90 Å². The molecule has 0 radical (unpaired) electrons. The molecule has 0 saturated carbocycles. The molecule has 90 valence electrons. The molecule has 16 heavy (non-hydrogen) atoms. The first-order valence-electron chi connectivity index (χ1n) is 5.33. The number of aryl methyl sites for hydroxylation is 1. The molecule has 1 rings (SSSR count). The molecule has 0 fully saturated rings. The van der Waals surface area contributed by atoms with Gasteiger partial charge in [-0.05, 0) is 32.9 Å². The Bertz CT molecular complexity index is 354. The SMILES string of the molecule is CCN(CC)c1ccc(C)cc1C(F)(F)F. The van der Waals surface area contributed by atoms with Crippen LogP contribution in [0.1, 0.15) is 25.0 Å². The number of alkyl halides is 3. The summed E-state index contributed by atoms with van der Waals surface area (Å²) in [5, 5.41) is 0. The zero-order valence-electron chi connectivity index (χ0n) is 9.73. The number of benzene rings is 1. The van der Waals surface area contributed by atoms with Crippen LogP contribution >= 0.6 is 0 Å². The van der Waals surface area contributed by atoms with Gasteiger partial charge < -0.3 is 4.90 Å². The summed E-state index contributed by atoms with van der Waals surface area (Å²) in [6.45, 7) is 6.51. The van der Waals surface area contributed by atoms with Crippen LogP contribution in [0.15, 0.2) is 18.2 Å². The average Bonchev–Trinajstić information content (AvgIpc) is 2.20. The van der Waals surface area contributed by atoms with Gasteiger partial charge >= 0.3 is 6.18 Å². The van der Waals surface area contributed by atoms with E-state index in [0.717, 1.165) is 0 Å². The third kappa shape index (κ3) is 2.68. The van der Waals surface area contributed by atoms with Crippen LogP contribution in [-0.4, -0.2) is 13.1 Å². The highest BCUT2D eigenvalue weighted by atomic mass is 19.4. The van der Waals surface area contributed by atoms with Gasteiger partial charge in [-0.3, -0.25) is 0 Å². The summed E-state index contributed by atoms with van der Waals surface area (Å²) in [7, 11) is 0. The van der Waals surface area contributed by atoms with Crippen LogP contribution in [0.25, 0.3) is 0 Å². The summed E-state index contributed by atoms with van der Waals surface area (Å²) >= 11 is 0. The van der Waals surface area contributed by atoms with Crippen molar-refractivity contribution in [3.8, 4) is 0 Å². The van der Waals surface area contributed by atoms with Gasteiger partial charge in [0.05, 0.1) is 5.56 Å². The van der Waals surface area contributed by atoms with Crippen molar-refractivity contribution in [1.82, 2.24) is 0 Å². The van der Waals surface area contributed by atoms with Crippen molar-refractivity contribution in [2.24, 2.45) is 0 Å². The summed E-state index contributed by atoms with van der Waals surface area (Å²) in [4.78, 5) is 1.71. The highest BCUT2D eigenvalue weighted by Gasteiger charge is 2.34. The smallest absolute Gasteiger partial charge is 0.372 e. The molecule has 0 saturated heterocycles. The van der Waals surface area contributed by atoms with E-state index in [2.05, 4.69) is 0 Å². The van der Waals surface area contributed by atoms with E-state index >= 15 is 0 Å². The van der Waals surface area contributed by atoms with Crippen molar-refractivity contribution >= 4 is 5.69 Å². The summed E-state index contributed by atoms with van der Waals surface area (Å²) < 4.78 is 38.5. The van der Waals surface area contributed by atoms with Crippen LogP contribution in [0.2, 0.25) is 0 Å². The van der Waals surface area contributed by atoms with Gasteiger partial charge in [0.25, 0.3) is 0 Å². The number of hydrogen-bond acceptors (Lipinski definition) is 1. The molecule has 0 heterocycles. The van der Waals surface area contributed by atoms with Crippen molar-refractivity contribution in [1.29, 1.82) is 0 Å². The van der Waals surface area contributed by atoms with Crippen LogP contribution in [0, 0.1) is 6.92 Å². The summed E-state index contributed by atoms with van der Waals surface area (Å²) in [5.74, 6) is 0. The Hall–Kier alpha value is -1.19. The van der Waals surface area contributed by atoms with Gasteiger partial charge in [0, 0.05) is 18.8 Å². The fourth-order valence-corrected chi connectivity index (χ4v) is 1.72. The number of hydrogen-bond donors (Lipinski definition) is 0. The molecule has 0 aromatic heterocycles. The molecule has 0 unspecified atom stereocenters. The van der Waals surface area contributed by atoms with E-state index in [1.54, 1.807) is 24.0 Å². The fourth-order valence-electron chi connectivity index (χ4n) is 1.72. The maximum Gasteiger partial charge on any atom is 0.418 e. The number of halogens is 3. The highest BCUT2D eigenvalue weighted by Crippen LogP contribution is 2.37. The van der Waals surface area contributed by atoms with E-state index in [0.29, 0.717) is 18.7 Å². The van der Waals surface area contributed by atoms with E-state index < -0.39 is 11.7 Å². The van der Waals surface area contributed by atoms with Crippen molar-refractivity contribution in [2.75, 3.05) is 18.0 Å². The van der Waals surface area contributed by atoms with Crippen molar-refractivity contribution in [2.45, 2.75) is 26.9 Å². The molecule has 1 aromatic carbocycles. The standard InChI is InChI=1S/C12H16F3N/c1-4-16(5-2)11-7-6-9(3)8-10(11)12(13,14)15/h6-8H,4-5H2,1-3H3. The summed E-state index contributed by atoms with van der Waals surface area (Å²) in [6.07, 6.45) is -4.29. The summed E-state index contributed by atoms with van der Waals surface area (Å²) in [6, 6.07) is 4.46. The Morgan fingerprint density at radius 2 is 1.69 bits per heavy atom. The van der Waals surface area contributed by atoms with Crippen molar-refractivity contribution in [3.05, 3.63) is 29.3 Å². The van der Waals surface area contributed by atoms with Crippen molar-refractivity contribution < 1.29 is 13.2 Å². The summed E-state index contributed by atoms with van der Waals surface area (Å²) in [5.41, 5.74) is 0.350. The molecule has 1 nitrogen and oxygen atoms in total. The monoisotopic (exact) mass is 231 g/mol. The normalized spacial score (nSPS) is 11.6. The predicted molar refractivity (Wildman–Crippen MR) is 59.7 cm³/mol. The maximum atomic E-state index is 12.8. The first-order chi connectivity index (χ1) is 7.40. The Morgan fingerprint density at radius 3 is 2.12 bits per heavy atom. The number of nitrogens with zero attached hydrogens (tertiary/aromatic N) is 1. The van der Waals surface area contributed by atoms with Crippen LogP contribution in [-0.2, 0) is 6.18 Å². The first-order valence-corrected chi connectivity index (χ1v) is 5.33. The molecule has 0 aliphatic carbocycles. The number of rotatable bonds is 3. The average molecular weight is 231 g/mol.